The normalized spacial score (nSPS) is 11.1. The van der Waals surface area contributed by atoms with E-state index in [1.807, 2.05) is 0 Å². The van der Waals surface area contributed by atoms with Crippen LogP contribution in [-0.4, -0.2) is 9.91 Å². The molecule has 1 aromatic carbocycles. The van der Waals surface area contributed by atoms with Crippen LogP contribution in [-0.2, 0) is 6.18 Å². The summed E-state index contributed by atoms with van der Waals surface area (Å²) in [6.45, 7) is 0. The largest absolute Gasteiger partial charge is 0.417 e. The lowest BCUT2D eigenvalue weighted by Crippen LogP contribution is -2.05. The fourth-order valence-electron chi connectivity index (χ4n) is 1.63. The smallest absolute Gasteiger partial charge is 0.258 e. The highest BCUT2D eigenvalue weighted by Gasteiger charge is 2.33. The highest BCUT2D eigenvalue weighted by molar-refractivity contribution is 7.99. The van der Waals surface area contributed by atoms with E-state index in [0.29, 0.717) is 0 Å². The minimum atomic E-state index is -4.60. The van der Waals surface area contributed by atoms with Crippen molar-refractivity contribution in [3.63, 3.8) is 0 Å². The van der Waals surface area contributed by atoms with E-state index in [1.165, 1.54) is 12.1 Å². The molecule has 0 saturated carbocycles. The third kappa shape index (κ3) is 3.91. The molecule has 0 aliphatic rings. The topological polar surface area (TPSA) is 79.8 Å². The fourth-order valence-corrected chi connectivity index (χ4v) is 2.68. The van der Waals surface area contributed by atoms with Crippen LogP contribution in [0.15, 0.2) is 40.3 Å². The second-order valence-electron chi connectivity index (χ2n) is 4.13. The van der Waals surface area contributed by atoms with E-state index in [0.717, 1.165) is 30.0 Å². The Morgan fingerprint density at radius 3 is 2.57 bits per heavy atom. The van der Waals surface area contributed by atoms with Crippen molar-refractivity contribution in [1.29, 1.82) is 5.26 Å². The van der Waals surface area contributed by atoms with Crippen LogP contribution in [0.2, 0.25) is 5.02 Å². The first-order valence-electron chi connectivity index (χ1n) is 5.82. The molecule has 23 heavy (non-hydrogen) atoms. The molecule has 2 aromatic rings. The van der Waals surface area contributed by atoms with Gasteiger partial charge in [-0.2, -0.15) is 18.4 Å². The van der Waals surface area contributed by atoms with E-state index in [4.69, 9.17) is 16.9 Å². The predicted octanol–water partition coefficient (Wildman–Crippen LogP) is 4.68. The zero-order chi connectivity index (χ0) is 17.2. The third-order valence-electron chi connectivity index (χ3n) is 2.62. The molecule has 1 aromatic heterocycles. The molecule has 1 heterocycles. The second kappa shape index (κ2) is 6.44. The number of hydrogen-bond acceptors (Lipinski definition) is 5. The molecule has 0 N–H and O–H groups in total. The van der Waals surface area contributed by atoms with Gasteiger partial charge < -0.3 is 0 Å². The molecule has 0 aliphatic heterocycles. The summed E-state index contributed by atoms with van der Waals surface area (Å²) < 4.78 is 38.4. The number of benzene rings is 1. The molecule has 118 valence electrons. The minimum absolute atomic E-state index is 0.155. The van der Waals surface area contributed by atoms with Crippen molar-refractivity contribution in [3.8, 4) is 6.07 Å². The van der Waals surface area contributed by atoms with Crippen molar-refractivity contribution in [1.82, 2.24) is 4.98 Å². The van der Waals surface area contributed by atoms with Crippen LogP contribution < -0.4 is 0 Å². The van der Waals surface area contributed by atoms with Gasteiger partial charge in [-0.3, -0.25) is 10.1 Å². The highest BCUT2D eigenvalue weighted by atomic mass is 35.5. The van der Waals surface area contributed by atoms with Gasteiger partial charge in [0.15, 0.2) is 0 Å². The summed E-state index contributed by atoms with van der Waals surface area (Å²) in [7, 11) is 0. The van der Waals surface area contributed by atoms with Crippen LogP contribution >= 0.6 is 23.4 Å². The zero-order valence-corrected chi connectivity index (χ0v) is 12.5. The van der Waals surface area contributed by atoms with Crippen molar-refractivity contribution >= 4 is 29.1 Å². The Balaban J connectivity index is 2.37. The first-order chi connectivity index (χ1) is 10.7. The molecule has 0 bridgehead atoms. The molecule has 0 spiro atoms. The predicted molar refractivity (Wildman–Crippen MR) is 76.2 cm³/mol. The number of aromatic nitrogens is 1. The number of nitrogens with zero attached hydrogens (tertiary/aromatic N) is 3. The summed E-state index contributed by atoms with van der Waals surface area (Å²) in [4.78, 5) is 13.9. The number of halogens is 4. The Morgan fingerprint density at radius 2 is 2.00 bits per heavy atom. The molecule has 0 aliphatic carbocycles. The van der Waals surface area contributed by atoms with Crippen molar-refractivity contribution in [2.24, 2.45) is 0 Å². The summed E-state index contributed by atoms with van der Waals surface area (Å²) in [5.41, 5.74) is -1.87. The SMILES string of the molecule is N#Cc1nc(Sc2ccc(Cl)c(C(F)(F)F)c2)ccc1[N+](=O)[O-]. The Labute approximate surface area is 136 Å². The number of rotatable bonds is 3. The minimum Gasteiger partial charge on any atom is -0.258 e. The molecule has 0 amide bonds. The van der Waals surface area contributed by atoms with E-state index in [1.54, 1.807) is 6.07 Å². The number of hydrogen-bond donors (Lipinski definition) is 0. The van der Waals surface area contributed by atoms with Gasteiger partial charge in [0.2, 0.25) is 5.69 Å². The van der Waals surface area contributed by atoms with Gasteiger partial charge in [0.1, 0.15) is 11.1 Å². The lowest BCUT2D eigenvalue weighted by molar-refractivity contribution is -0.385. The van der Waals surface area contributed by atoms with Crippen LogP contribution in [0.3, 0.4) is 0 Å². The average Bonchev–Trinajstić information content (AvgIpc) is 2.47. The Bertz CT molecular complexity index is 821. The molecule has 0 saturated heterocycles. The summed E-state index contributed by atoms with van der Waals surface area (Å²) in [5, 5.41) is 19.3. The van der Waals surface area contributed by atoms with Gasteiger partial charge >= 0.3 is 11.9 Å². The Morgan fingerprint density at radius 1 is 1.30 bits per heavy atom. The number of pyridine rings is 1. The molecule has 0 atom stereocenters. The van der Waals surface area contributed by atoms with Crippen molar-refractivity contribution < 1.29 is 18.1 Å². The number of nitriles is 1. The van der Waals surface area contributed by atoms with Gasteiger partial charge in [0.25, 0.3) is 0 Å². The lowest BCUT2D eigenvalue weighted by Gasteiger charge is -2.10. The summed E-state index contributed by atoms with van der Waals surface area (Å²) >= 11 is 6.36. The summed E-state index contributed by atoms with van der Waals surface area (Å²) in [5.74, 6) is 0. The van der Waals surface area contributed by atoms with Crippen LogP contribution in [0, 0.1) is 21.4 Å². The van der Waals surface area contributed by atoms with Crippen LogP contribution in [0.1, 0.15) is 11.3 Å². The molecule has 5 nitrogen and oxygen atoms in total. The van der Waals surface area contributed by atoms with Crippen LogP contribution in [0.4, 0.5) is 18.9 Å². The molecule has 2 rings (SSSR count). The quantitative estimate of drug-likeness (QED) is 0.587. The van der Waals surface area contributed by atoms with E-state index in [-0.39, 0.29) is 9.92 Å². The van der Waals surface area contributed by atoms with Gasteiger partial charge in [-0.15, -0.1) is 0 Å². The van der Waals surface area contributed by atoms with Crippen LogP contribution in [0.5, 0.6) is 0 Å². The molecule has 0 fully saturated rings. The molecule has 10 heteroatoms. The maximum atomic E-state index is 12.8. The molecular weight excluding hydrogens is 355 g/mol. The lowest BCUT2D eigenvalue weighted by atomic mass is 10.2. The number of nitro groups is 1. The molecule has 0 radical (unpaired) electrons. The van der Waals surface area contributed by atoms with Gasteiger partial charge in [-0.25, -0.2) is 4.98 Å². The standard InChI is InChI=1S/C13H5ClF3N3O2S/c14-9-2-1-7(5-8(9)13(15,16)17)23-12-4-3-11(20(21)22)10(6-18)19-12/h1-5H. The van der Waals surface area contributed by atoms with Gasteiger partial charge in [0.05, 0.1) is 15.5 Å². The van der Waals surface area contributed by atoms with E-state index in [2.05, 4.69) is 4.98 Å². The first-order valence-corrected chi connectivity index (χ1v) is 7.02. The first kappa shape index (κ1) is 17.1. The Hall–Kier alpha value is -2.31. The van der Waals surface area contributed by atoms with Gasteiger partial charge in [-0.1, -0.05) is 23.4 Å². The molecular formula is C13H5ClF3N3O2S. The summed E-state index contributed by atoms with van der Waals surface area (Å²) in [6, 6.07) is 7.22. The van der Waals surface area contributed by atoms with Crippen LogP contribution in [0.25, 0.3) is 0 Å². The van der Waals surface area contributed by atoms with Crippen molar-refractivity contribution in [3.05, 3.63) is 56.7 Å². The highest BCUT2D eigenvalue weighted by Crippen LogP contribution is 2.38. The van der Waals surface area contributed by atoms with Gasteiger partial charge in [-0.05, 0) is 24.3 Å². The van der Waals surface area contributed by atoms with Gasteiger partial charge in [0, 0.05) is 11.0 Å². The van der Waals surface area contributed by atoms with E-state index >= 15 is 0 Å². The van der Waals surface area contributed by atoms with Crippen molar-refractivity contribution in [2.75, 3.05) is 0 Å². The van der Waals surface area contributed by atoms with E-state index in [9.17, 15) is 23.3 Å². The fraction of sp³-hybridized carbons (Fsp3) is 0.0769. The number of alkyl halides is 3. The monoisotopic (exact) mass is 359 g/mol. The average molecular weight is 360 g/mol. The summed E-state index contributed by atoms with van der Waals surface area (Å²) in [6.07, 6.45) is -4.60. The van der Waals surface area contributed by atoms with Crippen molar-refractivity contribution in [2.45, 2.75) is 16.1 Å². The Kier molecular flexibility index (Phi) is 4.77. The third-order valence-corrected chi connectivity index (χ3v) is 3.87. The zero-order valence-electron chi connectivity index (χ0n) is 11.0. The maximum Gasteiger partial charge on any atom is 0.417 e. The maximum absolute atomic E-state index is 12.8. The van der Waals surface area contributed by atoms with E-state index < -0.39 is 33.1 Å². The second-order valence-corrected chi connectivity index (χ2v) is 5.63. The molecule has 0 unspecified atom stereocenters.